The highest BCUT2D eigenvalue weighted by Crippen LogP contribution is 2.15. The molecule has 0 N–H and O–H groups in total. The van der Waals surface area contributed by atoms with Gasteiger partial charge in [-0.05, 0) is 19.1 Å². The van der Waals surface area contributed by atoms with Gasteiger partial charge in [0.2, 0.25) is 0 Å². The molecule has 0 aromatic carbocycles. The molecular weight excluding hydrogens is 184 g/mol. The van der Waals surface area contributed by atoms with Crippen LogP contribution in [0.1, 0.15) is 21.5 Å². The Morgan fingerprint density at radius 2 is 2.38 bits per heavy atom. The predicted molar refractivity (Wildman–Crippen MR) is 53.1 cm³/mol. The molecule has 0 fully saturated rings. The molecule has 0 saturated heterocycles. The molecule has 13 heavy (non-hydrogen) atoms. The highest BCUT2D eigenvalue weighted by molar-refractivity contribution is 7.14. The van der Waals surface area contributed by atoms with E-state index in [0.717, 1.165) is 9.75 Å². The van der Waals surface area contributed by atoms with Gasteiger partial charge in [-0.2, -0.15) is 0 Å². The summed E-state index contributed by atoms with van der Waals surface area (Å²) in [6.07, 6.45) is 0. The van der Waals surface area contributed by atoms with Gasteiger partial charge in [-0.15, -0.1) is 11.3 Å². The largest absolute Gasteiger partial charge is 0.372 e. The molecule has 1 rings (SSSR count). The number of thiophene rings is 1. The third kappa shape index (κ3) is 3.02. The summed E-state index contributed by atoms with van der Waals surface area (Å²) in [6, 6.07) is 3.65. The SMILES string of the molecule is COCC#Cc1ccc(C(C)=O)s1. The summed E-state index contributed by atoms with van der Waals surface area (Å²) < 4.78 is 4.78. The van der Waals surface area contributed by atoms with Crippen LogP contribution in [0.15, 0.2) is 12.1 Å². The maximum Gasteiger partial charge on any atom is 0.169 e. The second kappa shape index (κ2) is 4.80. The van der Waals surface area contributed by atoms with Gasteiger partial charge in [-0.1, -0.05) is 11.8 Å². The molecule has 0 unspecified atom stereocenters. The van der Waals surface area contributed by atoms with Crippen LogP contribution >= 0.6 is 11.3 Å². The van der Waals surface area contributed by atoms with Gasteiger partial charge in [0, 0.05) is 7.11 Å². The molecule has 0 amide bonds. The monoisotopic (exact) mass is 194 g/mol. The van der Waals surface area contributed by atoms with Crippen LogP contribution in [0.3, 0.4) is 0 Å². The van der Waals surface area contributed by atoms with E-state index in [1.54, 1.807) is 20.1 Å². The van der Waals surface area contributed by atoms with E-state index in [4.69, 9.17) is 4.74 Å². The molecule has 0 radical (unpaired) electrons. The fourth-order valence-corrected chi connectivity index (χ4v) is 1.57. The number of rotatable bonds is 2. The van der Waals surface area contributed by atoms with E-state index in [-0.39, 0.29) is 5.78 Å². The molecule has 1 aromatic heterocycles. The number of hydrogen-bond donors (Lipinski definition) is 0. The van der Waals surface area contributed by atoms with Crippen molar-refractivity contribution in [3.8, 4) is 11.8 Å². The van der Waals surface area contributed by atoms with E-state index in [0.29, 0.717) is 6.61 Å². The average molecular weight is 194 g/mol. The van der Waals surface area contributed by atoms with Crippen LogP contribution in [0.25, 0.3) is 0 Å². The van der Waals surface area contributed by atoms with Crippen LogP contribution in [-0.2, 0) is 4.74 Å². The second-order valence-electron chi connectivity index (χ2n) is 2.45. The van der Waals surface area contributed by atoms with Crippen molar-refractivity contribution in [1.82, 2.24) is 0 Å². The van der Waals surface area contributed by atoms with Crippen molar-refractivity contribution in [2.45, 2.75) is 6.92 Å². The van der Waals surface area contributed by atoms with Crippen LogP contribution in [0.4, 0.5) is 0 Å². The molecule has 0 bridgehead atoms. The van der Waals surface area contributed by atoms with Crippen LogP contribution in [0, 0.1) is 11.8 Å². The molecule has 2 nitrogen and oxygen atoms in total. The highest BCUT2D eigenvalue weighted by atomic mass is 32.1. The quantitative estimate of drug-likeness (QED) is 0.531. The van der Waals surface area contributed by atoms with E-state index in [1.165, 1.54) is 11.3 Å². The van der Waals surface area contributed by atoms with Gasteiger partial charge in [0.25, 0.3) is 0 Å². The number of methoxy groups -OCH3 is 1. The Morgan fingerprint density at radius 1 is 1.62 bits per heavy atom. The summed E-state index contributed by atoms with van der Waals surface area (Å²) in [5.74, 6) is 5.83. The first-order valence-electron chi connectivity index (χ1n) is 3.82. The molecule has 0 saturated carbocycles. The summed E-state index contributed by atoms with van der Waals surface area (Å²) in [6.45, 7) is 1.98. The highest BCUT2D eigenvalue weighted by Gasteiger charge is 2.01. The van der Waals surface area contributed by atoms with Crippen LogP contribution in [0.2, 0.25) is 0 Å². The van der Waals surface area contributed by atoms with Crippen molar-refractivity contribution in [3.63, 3.8) is 0 Å². The summed E-state index contributed by atoms with van der Waals surface area (Å²) in [4.78, 5) is 12.6. The van der Waals surface area contributed by atoms with E-state index < -0.39 is 0 Å². The Kier molecular flexibility index (Phi) is 3.69. The molecule has 68 valence electrons. The molecular formula is C10H10O2S. The lowest BCUT2D eigenvalue weighted by Crippen LogP contribution is -1.83. The zero-order valence-corrected chi connectivity index (χ0v) is 8.40. The van der Waals surface area contributed by atoms with Crippen LogP contribution in [0.5, 0.6) is 0 Å². The Labute approximate surface area is 81.5 Å². The summed E-state index contributed by atoms with van der Waals surface area (Å²) >= 11 is 1.41. The number of ketones is 1. The molecule has 3 heteroatoms. The fourth-order valence-electron chi connectivity index (χ4n) is 0.790. The van der Waals surface area contributed by atoms with E-state index in [9.17, 15) is 4.79 Å². The first-order valence-corrected chi connectivity index (χ1v) is 4.64. The Balaban J connectivity index is 2.71. The van der Waals surface area contributed by atoms with Crippen molar-refractivity contribution in [2.24, 2.45) is 0 Å². The Bertz CT molecular complexity index is 354. The number of carbonyl (C=O) groups excluding carboxylic acids is 1. The van der Waals surface area contributed by atoms with Gasteiger partial charge in [0.1, 0.15) is 6.61 Å². The third-order valence-corrected chi connectivity index (χ3v) is 2.48. The molecule has 0 spiro atoms. The van der Waals surface area contributed by atoms with Crippen LogP contribution < -0.4 is 0 Å². The van der Waals surface area contributed by atoms with Crippen LogP contribution in [-0.4, -0.2) is 19.5 Å². The number of ether oxygens (including phenoxy) is 1. The van der Waals surface area contributed by atoms with Gasteiger partial charge in [-0.25, -0.2) is 0 Å². The standard InChI is InChI=1S/C10H10O2S/c1-8(11)10-6-5-9(13-10)4-3-7-12-2/h5-6H,7H2,1-2H3. The maximum atomic E-state index is 10.9. The van der Waals surface area contributed by atoms with Gasteiger partial charge in [0.05, 0.1) is 9.75 Å². The lowest BCUT2D eigenvalue weighted by atomic mass is 10.3. The zero-order valence-electron chi connectivity index (χ0n) is 7.59. The first-order chi connectivity index (χ1) is 6.24. The number of carbonyl (C=O) groups is 1. The minimum absolute atomic E-state index is 0.0878. The molecule has 1 heterocycles. The smallest absolute Gasteiger partial charge is 0.169 e. The summed E-state index contributed by atoms with van der Waals surface area (Å²) in [5.41, 5.74) is 0. The van der Waals surface area contributed by atoms with Crippen molar-refractivity contribution < 1.29 is 9.53 Å². The normalized spacial score (nSPS) is 9.08. The third-order valence-electron chi connectivity index (χ3n) is 1.38. The minimum atomic E-state index is 0.0878. The Morgan fingerprint density at radius 3 is 2.92 bits per heavy atom. The molecule has 0 aliphatic heterocycles. The maximum absolute atomic E-state index is 10.9. The van der Waals surface area contributed by atoms with Gasteiger partial charge in [-0.3, -0.25) is 4.79 Å². The van der Waals surface area contributed by atoms with E-state index >= 15 is 0 Å². The van der Waals surface area contributed by atoms with E-state index in [1.807, 2.05) is 6.07 Å². The van der Waals surface area contributed by atoms with Crippen molar-refractivity contribution >= 4 is 17.1 Å². The number of hydrogen-bond acceptors (Lipinski definition) is 3. The van der Waals surface area contributed by atoms with E-state index in [2.05, 4.69) is 11.8 Å². The van der Waals surface area contributed by atoms with Crippen molar-refractivity contribution in [2.75, 3.05) is 13.7 Å². The lowest BCUT2D eigenvalue weighted by Gasteiger charge is -1.83. The topological polar surface area (TPSA) is 26.3 Å². The molecule has 0 atom stereocenters. The van der Waals surface area contributed by atoms with Gasteiger partial charge >= 0.3 is 0 Å². The number of Topliss-reactive ketones (excluding diaryl/α,β-unsaturated/α-hetero) is 1. The zero-order chi connectivity index (χ0) is 9.68. The van der Waals surface area contributed by atoms with Gasteiger partial charge in [0.15, 0.2) is 5.78 Å². The molecule has 1 aromatic rings. The summed E-state index contributed by atoms with van der Waals surface area (Å²) in [7, 11) is 1.60. The van der Waals surface area contributed by atoms with Gasteiger partial charge < -0.3 is 4.74 Å². The second-order valence-corrected chi connectivity index (χ2v) is 3.54. The Hall–Kier alpha value is -1.11. The first kappa shape index (κ1) is 9.97. The fraction of sp³-hybridized carbons (Fsp3) is 0.300. The predicted octanol–water partition coefficient (Wildman–Crippen LogP) is 1.95. The lowest BCUT2D eigenvalue weighted by molar-refractivity contribution is 0.102. The summed E-state index contributed by atoms with van der Waals surface area (Å²) in [5, 5.41) is 0. The average Bonchev–Trinajstić information content (AvgIpc) is 2.53. The van der Waals surface area contributed by atoms with Crippen molar-refractivity contribution in [1.29, 1.82) is 0 Å². The van der Waals surface area contributed by atoms with Crippen molar-refractivity contribution in [3.05, 3.63) is 21.9 Å². The minimum Gasteiger partial charge on any atom is -0.372 e. The molecule has 0 aliphatic carbocycles. The molecule has 0 aliphatic rings.